The van der Waals surface area contributed by atoms with Gasteiger partial charge >= 0.3 is 12.0 Å². The Morgan fingerprint density at radius 2 is 1.94 bits per heavy atom. The molecule has 104 valence electrons. The summed E-state index contributed by atoms with van der Waals surface area (Å²) in [5, 5.41) is 13.7. The van der Waals surface area contributed by atoms with Crippen LogP contribution in [0.1, 0.15) is 39.0 Å². The van der Waals surface area contributed by atoms with E-state index in [1.54, 1.807) is 0 Å². The van der Waals surface area contributed by atoms with Gasteiger partial charge in [-0.05, 0) is 19.3 Å². The van der Waals surface area contributed by atoms with Crippen LogP contribution < -0.4 is 16.4 Å². The van der Waals surface area contributed by atoms with Crippen LogP contribution in [0.4, 0.5) is 4.79 Å². The van der Waals surface area contributed by atoms with Crippen molar-refractivity contribution < 1.29 is 19.5 Å². The van der Waals surface area contributed by atoms with Crippen LogP contribution in [-0.4, -0.2) is 35.6 Å². The highest BCUT2D eigenvalue weighted by Gasteiger charge is 2.18. The van der Waals surface area contributed by atoms with E-state index < -0.39 is 18.0 Å². The largest absolute Gasteiger partial charge is 0.480 e. The number of hydrogen-bond acceptors (Lipinski definition) is 3. The summed E-state index contributed by atoms with van der Waals surface area (Å²) in [4.78, 5) is 32.6. The van der Waals surface area contributed by atoms with Crippen molar-refractivity contribution in [2.45, 2.75) is 45.1 Å². The molecule has 0 saturated carbocycles. The highest BCUT2D eigenvalue weighted by atomic mass is 16.4. The van der Waals surface area contributed by atoms with E-state index in [1.807, 2.05) is 6.92 Å². The van der Waals surface area contributed by atoms with Crippen LogP contribution >= 0.6 is 0 Å². The molecule has 0 aromatic carbocycles. The maximum absolute atomic E-state index is 11.4. The molecule has 0 aliphatic heterocycles. The van der Waals surface area contributed by atoms with Crippen molar-refractivity contribution in [1.82, 2.24) is 10.6 Å². The minimum atomic E-state index is -1.04. The topological polar surface area (TPSA) is 122 Å². The monoisotopic (exact) mass is 259 g/mol. The Morgan fingerprint density at radius 1 is 1.28 bits per heavy atom. The van der Waals surface area contributed by atoms with E-state index in [0.29, 0.717) is 32.2 Å². The Morgan fingerprint density at radius 3 is 2.44 bits per heavy atom. The summed E-state index contributed by atoms with van der Waals surface area (Å²) in [5.74, 6) is -1.41. The number of carbonyl (C=O) groups excluding carboxylic acids is 2. The molecular weight excluding hydrogens is 238 g/mol. The first-order valence-corrected chi connectivity index (χ1v) is 6.02. The summed E-state index contributed by atoms with van der Waals surface area (Å²) in [5.41, 5.74) is 4.96. The van der Waals surface area contributed by atoms with Crippen molar-refractivity contribution in [1.29, 1.82) is 0 Å². The lowest BCUT2D eigenvalue weighted by atomic mass is 10.2. The Balaban J connectivity index is 3.74. The summed E-state index contributed by atoms with van der Waals surface area (Å²) in [6, 6.07) is -1.37. The van der Waals surface area contributed by atoms with Crippen molar-refractivity contribution in [2.75, 3.05) is 6.54 Å². The first-order valence-electron chi connectivity index (χ1n) is 6.02. The molecule has 3 amide bonds. The maximum atomic E-state index is 11.4. The molecular formula is C11H21N3O4. The number of hydrogen-bond donors (Lipinski definition) is 4. The predicted molar refractivity (Wildman–Crippen MR) is 65.9 cm³/mol. The third-order valence-corrected chi connectivity index (χ3v) is 2.32. The van der Waals surface area contributed by atoms with E-state index in [9.17, 15) is 14.4 Å². The molecule has 5 N–H and O–H groups in total. The zero-order valence-corrected chi connectivity index (χ0v) is 10.6. The normalized spacial score (nSPS) is 11.6. The van der Waals surface area contributed by atoms with E-state index in [1.165, 1.54) is 0 Å². The standard InChI is InChI=1S/C11H21N3O4/c1-2-5-8(10(16)17)14-11(18)13-7-4-3-6-9(12)15/h8H,2-7H2,1H3,(H2,12,15)(H,16,17)(H2,13,14,18)/t8-/m0/s1. The average molecular weight is 259 g/mol. The molecule has 0 aromatic rings. The number of carboxylic acids is 1. The molecule has 0 aliphatic rings. The lowest BCUT2D eigenvalue weighted by Gasteiger charge is -2.14. The molecule has 0 saturated heterocycles. The summed E-state index contributed by atoms with van der Waals surface area (Å²) in [6.45, 7) is 2.23. The fourth-order valence-corrected chi connectivity index (χ4v) is 1.38. The molecule has 7 nitrogen and oxygen atoms in total. The van der Waals surface area contributed by atoms with Crippen molar-refractivity contribution in [3.63, 3.8) is 0 Å². The fraction of sp³-hybridized carbons (Fsp3) is 0.727. The third kappa shape index (κ3) is 8.37. The van der Waals surface area contributed by atoms with Crippen LogP contribution in [0.2, 0.25) is 0 Å². The predicted octanol–water partition coefficient (Wildman–Crippen LogP) is 0.195. The van der Waals surface area contributed by atoms with Gasteiger partial charge in [0.1, 0.15) is 6.04 Å². The number of unbranched alkanes of at least 4 members (excludes halogenated alkanes) is 1. The van der Waals surface area contributed by atoms with Gasteiger partial charge in [0.05, 0.1) is 0 Å². The number of carbonyl (C=O) groups is 3. The zero-order chi connectivity index (χ0) is 14.0. The highest BCUT2D eigenvalue weighted by molar-refractivity contribution is 5.82. The number of urea groups is 1. The van der Waals surface area contributed by atoms with Gasteiger partial charge < -0.3 is 21.5 Å². The van der Waals surface area contributed by atoms with Gasteiger partial charge in [-0.1, -0.05) is 13.3 Å². The molecule has 0 aliphatic carbocycles. The first kappa shape index (κ1) is 16.2. The quantitative estimate of drug-likeness (QED) is 0.442. The molecule has 0 fully saturated rings. The van der Waals surface area contributed by atoms with Crippen LogP contribution in [-0.2, 0) is 9.59 Å². The molecule has 0 radical (unpaired) electrons. The van der Waals surface area contributed by atoms with Gasteiger partial charge in [0.15, 0.2) is 0 Å². The Labute approximate surface area is 106 Å². The van der Waals surface area contributed by atoms with Crippen LogP contribution in [0.5, 0.6) is 0 Å². The van der Waals surface area contributed by atoms with Gasteiger partial charge in [-0.25, -0.2) is 9.59 Å². The van der Waals surface area contributed by atoms with E-state index >= 15 is 0 Å². The molecule has 7 heteroatoms. The lowest BCUT2D eigenvalue weighted by molar-refractivity contribution is -0.139. The van der Waals surface area contributed by atoms with Crippen molar-refractivity contribution in [3.8, 4) is 0 Å². The molecule has 0 rings (SSSR count). The Hall–Kier alpha value is -1.79. The second-order valence-electron chi connectivity index (χ2n) is 4.00. The average Bonchev–Trinajstić information content (AvgIpc) is 2.27. The van der Waals surface area contributed by atoms with Gasteiger partial charge in [0.2, 0.25) is 5.91 Å². The van der Waals surface area contributed by atoms with E-state index in [4.69, 9.17) is 10.8 Å². The number of carboxylic acid groups (broad SMARTS) is 1. The third-order valence-electron chi connectivity index (χ3n) is 2.32. The molecule has 18 heavy (non-hydrogen) atoms. The Bertz CT molecular complexity index is 294. The molecule has 0 unspecified atom stereocenters. The maximum Gasteiger partial charge on any atom is 0.326 e. The fourth-order valence-electron chi connectivity index (χ4n) is 1.38. The van der Waals surface area contributed by atoms with Crippen LogP contribution in [0.25, 0.3) is 0 Å². The molecule has 0 spiro atoms. The SMILES string of the molecule is CCC[C@H](NC(=O)NCCCCC(N)=O)C(=O)O. The molecule has 0 bridgehead atoms. The second kappa shape index (κ2) is 9.26. The number of nitrogens with two attached hydrogens (primary N) is 1. The van der Waals surface area contributed by atoms with Crippen molar-refractivity contribution in [2.24, 2.45) is 5.73 Å². The molecule has 0 aromatic heterocycles. The van der Waals surface area contributed by atoms with E-state index in [-0.39, 0.29) is 12.3 Å². The van der Waals surface area contributed by atoms with Crippen molar-refractivity contribution >= 4 is 17.9 Å². The number of aliphatic carboxylic acids is 1. The van der Waals surface area contributed by atoms with Crippen LogP contribution in [0.15, 0.2) is 0 Å². The number of primary amides is 1. The number of nitrogens with one attached hydrogen (secondary N) is 2. The highest BCUT2D eigenvalue weighted by Crippen LogP contribution is 1.97. The Kier molecular flexibility index (Phi) is 8.34. The van der Waals surface area contributed by atoms with Gasteiger partial charge in [0.25, 0.3) is 0 Å². The zero-order valence-electron chi connectivity index (χ0n) is 10.6. The van der Waals surface area contributed by atoms with Gasteiger partial charge in [-0.15, -0.1) is 0 Å². The van der Waals surface area contributed by atoms with Gasteiger partial charge in [-0.2, -0.15) is 0 Å². The summed E-state index contributed by atoms with van der Waals surface area (Å²) < 4.78 is 0. The van der Waals surface area contributed by atoms with Gasteiger partial charge in [-0.3, -0.25) is 4.79 Å². The molecule has 1 atom stereocenters. The second-order valence-corrected chi connectivity index (χ2v) is 4.00. The van der Waals surface area contributed by atoms with Gasteiger partial charge in [0, 0.05) is 13.0 Å². The lowest BCUT2D eigenvalue weighted by Crippen LogP contribution is -2.46. The summed E-state index contributed by atoms with van der Waals surface area (Å²) in [6.07, 6.45) is 2.59. The summed E-state index contributed by atoms with van der Waals surface area (Å²) >= 11 is 0. The minimum absolute atomic E-state index is 0.289. The first-order chi connectivity index (χ1) is 8.47. The number of rotatable bonds is 9. The van der Waals surface area contributed by atoms with Crippen molar-refractivity contribution in [3.05, 3.63) is 0 Å². The summed E-state index contributed by atoms with van der Waals surface area (Å²) in [7, 11) is 0. The minimum Gasteiger partial charge on any atom is -0.480 e. The van der Waals surface area contributed by atoms with E-state index in [0.717, 1.165) is 0 Å². The smallest absolute Gasteiger partial charge is 0.326 e. The van der Waals surface area contributed by atoms with Crippen LogP contribution in [0.3, 0.4) is 0 Å². The van der Waals surface area contributed by atoms with E-state index in [2.05, 4.69) is 10.6 Å². The number of amides is 3. The molecule has 0 heterocycles. The van der Waals surface area contributed by atoms with Crippen LogP contribution in [0, 0.1) is 0 Å².